The van der Waals surface area contributed by atoms with Crippen molar-refractivity contribution < 1.29 is 4.79 Å². The van der Waals surface area contributed by atoms with Gasteiger partial charge in [-0.15, -0.1) is 0 Å². The van der Waals surface area contributed by atoms with E-state index in [0.717, 1.165) is 25.7 Å². The molecule has 1 saturated heterocycles. The number of nitrogens with one attached hydrogen (secondary N) is 2. The van der Waals surface area contributed by atoms with Crippen molar-refractivity contribution in [1.82, 2.24) is 10.6 Å². The van der Waals surface area contributed by atoms with Gasteiger partial charge >= 0.3 is 0 Å². The first-order chi connectivity index (χ1) is 12.8. The van der Waals surface area contributed by atoms with Crippen LogP contribution >= 0.6 is 0 Å². The zero-order valence-electron chi connectivity index (χ0n) is 19.3. The second kappa shape index (κ2) is 12.1. The molecule has 0 radical (unpaired) electrons. The van der Waals surface area contributed by atoms with Gasteiger partial charge in [0.1, 0.15) is 0 Å². The summed E-state index contributed by atoms with van der Waals surface area (Å²) in [5.74, 6) is 0.711. The molecule has 0 saturated carbocycles. The summed E-state index contributed by atoms with van der Waals surface area (Å²) in [7, 11) is 0. The fourth-order valence-corrected chi connectivity index (χ4v) is 4.65. The van der Waals surface area contributed by atoms with E-state index in [1.54, 1.807) is 0 Å². The molecule has 160 valence electrons. The Kier molecular flexibility index (Phi) is 11.0. The molecule has 3 heteroatoms. The number of hydrogen-bond donors (Lipinski definition) is 2. The van der Waals surface area contributed by atoms with Crippen molar-refractivity contribution in [3.8, 4) is 0 Å². The average Bonchev–Trinajstić information content (AvgIpc) is 2.64. The molecule has 2 N–H and O–H groups in total. The molecule has 1 aliphatic heterocycles. The second-order valence-corrected chi connectivity index (χ2v) is 9.56. The Morgan fingerprint density at radius 1 is 0.926 bits per heavy atom. The maximum atomic E-state index is 12.5. The Morgan fingerprint density at radius 3 is 2.00 bits per heavy atom. The van der Waals surface area contributed by atoms with Crippen molar-refractivity contribution in [2.75, 3.05) is 0 Å². The Labute approximate surface area is 169 Å². The predicted molar refractivity (Wildman–Crippen MR) is 118 cm³/mol. The van der Waals surface area contributed by atoms with Gasteiger partial charge in [0.2, 0.25) is 5.91 Å². The second-order valence-electron chi connectivity index (χ2n) is 9.56. The fraction of sp³-hybridized carbons (Fsp3) is 0.958. The molecule has 0 aromatic heterocycles. The van der Waals surface area contributed by atoms with Crippen LogP contribution in [-0.4, -0.2) is 23.0 Å². The van der Waals surface area contributed by atoms with Crippen LogP contribution in [0.4, 0.5) is 0 Å². The normalized spacial score (nSPS) is 31.0. The van der Waals surface area contributed by atoms with Crippen LogP contribution in [-0.2, 0) is 4.79 Å². The van der Waals surface area contributed by atoms with Gasteiger partial charge in [0.25, 0.3) is 0 Å². The fourth-order valence-electron chi connectivity index (χ4n) is 4.65. The van der Waals surface area contributed by atoms with Crippen molar-refractivity contribution in [3.63, 3.8) is 0 Å². The quantitative estimate of drug-likeness (QED) is 0.365. The van der Waals surface area contributed by atoms with Gasteiger partial charge < -0.3 is 10.6 Å². The number of carbonyl (C=O) groups excluding carboxylic acids is 1. The topological polar surface area (TPSA) is 41.1 Å². The zero-order valence-corrected chi connectivity index (χ0v) is 19.3. The van der Waals surface area contributed by atoms with E-state index >= 15 is 0 Å². The summed E-state index contributed by atoms with van der Waals surface area (Å²) in [6, 6.07) is 0.284. The van der Waals surface area contributed by atoms with Crippen LogP contribution in [0.3, 0.4) is 0 Å². The largest absolute Gasteiger partial charge is 0.353 e. The molecule has 4 atom stereocenters. The van der Waals surface area contributed by atoms with Crippen LogP contribution in [0.5, 0.6) is 0 Å². The minimum atomic E-state index is 0.0960. The van der Waals surface area contributed by atoms with Crippen LogP contribution < -0.4 is 10.6 Å². The lowest BCUT2D eigenvalue weighted by atomic mass is 9.69. The van der Waals surface area contributed by atoms with Crippen molar-refractivity contribution in [3.05, 3.63) is 0 Å². The van der Waals surface area contributed by atoms with Gasteiger partial charge in [-0.2, -0.15) is 0 Å². The Morgan fingerprint density at radius 2 is 1.48 bits per heavy atom. The number of amides is 1. The van der Waals surface area contributed by atoms with E-state index in [4.69, 9.17) is 0 Å². The maximum Gasteiger partial charge on any atom is 0.220 e. The first-order valence-corrected chi connectivity index (χ1v) is 11.9. The summed E-state index contributed by atoms with van der Waals surface area (Å²) in [5.41, 5.74) is 0.214. The summed E-state index contributed by atoms with van der Waals surface area (Å²) in [5, 5.41) is 7.29. The lowest BCUT2D eigenvalue weighted by molar-refractivity contribution is -0.123. The number of rotatable bonds is 13. The Hall–Kier alpha value is -0.570. The molecule has 3 nitrogen and oxygen atoms in total. The lowest BCUT2D eigenvalue weighted by Crippen LogP contribution is -2.68. The average molecular weight is 381 g/mol. The summed E-state index contributed by atoms with van der Waals surface area (Å²) in [6.07, 6.45) is 15.6. The third-order valence-corrected chi connectivity index (χ3v) is 7.23. The summed E-state index contributed by atoms with van der Waals surface area (Å²) in [4.78, 5) is 12.5. The molecule has 0 spiro atoms. The van der Waals surface area contributed by atoms with Crippen LogP contribution in [0, 0.1) is 5.92 Å². The number of unbranched alkanes of at least 4 members (excludes halogenated alkanes) is 8. The number of piperidine rings is 1. The molecule has 0 aromatic rings. The minimum absolute atomic E-state index is 0.0960. The highest BCUT2D eigenvalue weighted by atomic mass is 16.1. The lowest BCUT2D eigenvalue weighted by Gasteiger charge is -2.53. The van der Waals surface area contributed by atoms with E-state index in [0.29, 0.717) is 12.3 Å². The van der Waals surface area contributed by atoms with Gasteiger partial charge in [-0.3, -0.25) is 4.79 Å². The molecule has 0 aromatic carbocycles. The first-order valence-electron chi connectivity index (χ1n) is 11.9. The minimum Gasteiger partial charge on any atom is -0.353 e. The van der Waals surface area contributed by atoms with Gasteiger partial charge in [-0.05, 0) is 45.4 Å². The third kappa shape index (κ3) is 8.13. The zero-order chi connectivity index (χ0) is 20.3. The van der Waals surface area contributed by atoms with Crippen LogP contribution in [0.25, 0.3) is 0 Å². The van der Waals surface area contributed by atoms with E-state index < -0.39 is 0 Å². The molecule has 0 aliphatic carbocycles. The molecular formula is C24H48N2O. The smallest absolute Gasteiger partial charge is 0.220 e. The molecule has 1 fully saturated rings. The Bertz CT molecular complexity index is 425. The van der Waals surface area contributed by atoms with Gasteiger partial charge in [0, 0.05) is 23.5 Å². The SMILES string of the molecule is CCCCCCCCCCCC(=O)NC1CC(C)(CC)NC(C)(CC)C1C. The van der Waals surface area contributed by atoms with Crippen molar-refractivity contribution in [2.24, 2.45) is 5.92 Å². The summed E-state index contributed by atoms with van der Waals surface area (Å²) >= 11 is 0. The first kappa shape index (κ1) is 24.5. The van der Waals surface area contributed by atoms with E-state index in [9.17, 15) is 4.79 Å². The highest BCUT2D eigenvalue weighted by molar-refractivity contribution is 5.76. The third-order valence-electron chi connectivity index (χ3n) is 7.23. The molecule has 27 heavy (non-hydrogen) atoms. The predicted octanol–water partition coefficient (Wildman–Crippen LogP) is 6.36. The van der Waals surface area contributed by atoms with Gasteiger partial charge in [-0.25, -0.2) is 0 Å². The standard InChI is InChI=1S/C24H48N2O/c1-7-10-11-12-13-14-15-16-17-18-22(27)25-21-19-23(5,8-2)26-24(6,9-3)20(21)4/h20-21,26H,7-19H2,1-6H3,(H,25,27). The molecule has 1 heterocycles. The monoisotopic (exact) mass is 380 g/mol. The van der Waals surface area contributed by atoms with E-state index in [1.165, 1.54) is 51.4 Å². The number of hydrogen-bond acceptors (Lipinski definition) is 2. The van der Waals surface area contributed by atoms with E-state index in [-0.39, 0.29) is 23.0 Å². The molecular weight excluding hydrogens is 332 g/mol. The van der Waals surface area contributed by atoms with Gasteiger partial charge in [-0.1, -0.05) is 79.1 Å². The highest BCUT2D eigenvalue weighted by Crippen LogP contribution is 2.37. The molecule has 1 aliphatic rings. The van der Waals surface area contributed by atoms with E-state index in [2.05, 4.69) is 52.2 Å². The molecule has 4 unspecified atom stereocenters. The molecule has 0 bridgehead atoms. The van der Waals surface area contributed by atoms with Crippen LogP contribution in [0.2, 0.25) is 0 Å². The highest BCUT2D eigenvalue weighted by Gasteiger charge is 2.46. The van der Waals surface area contributed by atoms with Crippen molar-refractivity contribution >= 4 is 5.91 Å². The molecule has 1 amide bonds. The van der Waals surface area contributed by atoms with Crippen LogP contribution in [0.1, 0.15) is 125 Å². The molecule has 1 rings (SSSR count). The summed E-state index contributed by atoms with van der Waals surface area (Å²) in [6.45, 7) is 13.7. The van der Waals surface area contributed by atoms with Crippen molar-refractivity contribution in [1.29, 1.82) is 0 Å². The maximum absolute atomic E-state index is 12.5. The van der Waals surface area contributed by atoms with Gasteiger partial charge in [0.15, 0.2) is 0 Å². The van der Waals surface area contributed by atoms with E-state index in [1.807, 2.05) is 0 Å². The number of carbonyl (C=O) groups is 1. The Balaban J connectivity index is 2.32. The van der Waals surface area contributed by atoms with Crippen molar-refractivity contribution in [2.45, 2.75) is 142 Å². The van der Waals surface area contributed by atoms with Crippen LogP contribution in [0.15, 0.2) is 0 Å². The summed E-state index contributed by atoms with van der Waals surface area (Å²) < 4.78 is 0. The van der Waals surface area contributed by atoms with Gasteiger partial charge in [0.05, 0.1) is 0 Å².